The highest BCUT2D eigenvalue weighted by molar-refractivity contribution is 9.11. The second-order valence-electron chi connectivity index (χ2n) is 3.60. The summed E-state index contributed by atoms with van der Waals surface area (Å²) in [6, 6.07) is 6.61. The fourth-order valence-corrected chi connectivity index (χ4v) is 3.85. The van der Waals surface area contributed by atoms with Gasteiger partial charge in [0.1, 0.15) is 5.82 Å². The quantitative estimate of drug-likeness (QED) is 0.586. The van der Waals surface area contributed by atoms with E-state index < -0.39 is 5.82 Å². The van der Waals surface area contributed by atoms with Crippen LogP contribution in [-0.2, 0) is 0 Å². The summed E-state index contributed by atoms with van der Waals surface area (Å²) in [4.78, 5) is 1.12. The number of alkyl halides is 1. The van der Waals surface area contributed by atoms with Gasteiger partial charge >= 0.3 is 0 Å². The van der Waals surface area contributed by atoms with E-state index in [0.717, 1.165) is 14.2 Å². The molecule has 1 heterocycles. The maximum absolute atomic E-state index is 13.4. The van der Waals surface area contributed by atoms with Crippen LogP contribution in [0, 0.1) is 12.7 Å². The van der Waals surface area contributed by atoms with E-state index in [0.29, 0.717) is 5.56 Å². The van der Waals surface area contributed by atoms with E-state index in [9.17, 15) is 4.39 Å². The van der Waals surface area contributed by atoms with E-state index in [1.54, 1.807) is 17.4 Å². The van der Waals surface area contributed by atoms with Gasteiger partial charge in [-0.2, -0.15) is 0 Å². The molecule has 1 aromatic heterocycles. The Morgan fingerprint density at radius 1 is 1.35 bits per heavy atom. The molecule has 0 aliphatic carbocycles. The molecule has 0 aliphatic rings. The summed E-state index contributed by atoms with van der Waals surface area (Å²) in [5.74, 6) is -0.443. The zero-order valence-corrected chi connectivity index (χ0v) is 12.7. The number of rotatable bonds is 2. The van der Waals surface area contributed by atoms with Crippen LogP contribution in [0.5, 0.6) is 0 Å². The van der Waals surface area contributed by atoms with Crippen molar-refractivity contribution in [2.75, 3.05) is 0 Å². The van der Waals surface area contributed by atoms with Crippen molar-refractivity contribution >= 4 is 50.5 Å². The standard InChI is InChI=1S/C12H8BrCl2FS/c1-6-8(5-11(13)17-6)12(15)7-2-3-9(14)10(16)4-7/h2-5,12H,1H3. The molecule has 5 heteroatoms. The van der Waals surface area contributed by atoms with Crippen molar-refractivity contribution in [3.8, 4) is 0 Å². The zero-order valence-electron chi connectivity index (χ0n) is 8.81. The lowest BCUT2D eigenvalue weighted by Crippen LogP contribution is -1.94. The second kappa shape index (κ2) is 5.27. The Balaban J connectivity index is 2.40. The van der Waals surface area contributed by atoms with Crippen molar-refractivity contribution in [1.82, 2.24) is 0 Å². The number of hydrogen-bond donors (Lipinski definition) is 0. The van der Waals surface area contributed by atoms with Gasteiger partial charge in [-0.25, -0.2) is 4.39 Å². The van der Waals surface area contributed by atoms with E-state index in [-0.39, 0.29) is 10.4 Å². The van der Waals surface area contributed by atoms with Crippen LogP contribution in [-0.4, -0.2) is 0 Å². The SMILES string of the molecule is Cc1sc(Br)cc1C(Cl)c1ccc(Cl)c(F)c1. The summed E-state index contributed by atoms with van der Waals surface area (Å²) in [6.45, 7) is 1.99. The Morgan fingerprint density at radius 2 is 2.06 bits per heavy atom. The minimum absolute atomic E-state index is 0.112. The second-order valence-corrected chi connectivity index (χ2v) is 7.08. The molecule has 90 valence electrons. The van der Waals surface area contributed by atoms with Gasteiger partial charge in [0.15, 0.2) is 0 Å². The molecule has 0 N–H and O–H groups in total. The predicted molar refractivity (Wildman–Crippen MR) is 75.9 cm³/mol. The molecule has 0 amide bonds. The van der Waals surface area contributed by atoms with Crippen molar-refractivity contribution in [1.29, 1.82) is 0 Å². The Morgan fingerprint density at radius 3 is 2.59 bits per heavy atom. The molecule has 1 aromatic carbocycles. The molecule has 0 spiro atoms. The fraction of sp³-hybridized carbons (Fsp3) is 0.167. The molecule has 0 aliphatic heterocycles. The van der Waals surface area contributed by atoms with Crippen molar-refractivity contribution in [3.05, 3.63) is 54.9 Å². The molecule has 0 bridgehead atoms. The average molecular weight is 354 g/mol. The summed E-state index contributed by atoms with van der Waals surface area (Å²) >= 11 is 17.0. The highest BCUT2D eigenvalue weighted by Crippen LogP contribution is 2.37. The van der Waals surface area contributed by atoms with Crippen LogP contribution in [0.2, 0.25) is 5.02 Å². The monoisotopic (exact) mass is 352 g/mol. The maximum Gasteiger partial charge on any atom is 0.142 e. The van der Waals surface area contributed by atoms with Crippen molar-refractivity contribution in [2.45, 2.75) is 12.3 Å². The Hall–Kier alpha value is -0.0900. The maximum atomic E-state index is 13.4. The first-order chi connectivity index (χ1) is 7.99. The van der Waals surface area contributed by atoms with Crippen molar-refractivity contribution < 1.29 is 4.39 Å². The summed E-state index contributed by atoms with van der Waals surface area (Å²) < 4.78 is 14.4. The van der Waals surface area contributed by atoms with Crippen LogP contribution >= 0.6 is 50.5 Å². The van der Waals surface area contributed by atoms with Gasteiger partial charge in [0.05, 0.1) is 14.2 Å². The van der Waals surface area contributed by atoms with E-state index in [1.807, 2.05) is 13.0 Å². The minimum Gasteiger partial charge on any atom is -0.205 e. The lowest BCUT2D eigenvalue weighted by Gasteiger charge is -2.10. The molecule has 2 rings (SSSR count). The highest BCUT2D eigenvalue weighted by atomic mass is 79.9. The third-order valence-corrected chi connectivity index (χ3v) is 4.80. The van der Waals surface area contributed by atoms with E-state index in [4.69, 9.17) is 23.2 Å². The lowest BCUT2D eigenvalue weighted by atomic mass is 10.1. The van der Waals surface area contributed by atoms with Crippen molar-refractivity contribution in [2.24, 2.45) is 0 Å². The molecule has 0 saturated heterocycles. The van der Waals surface area contributed by atoms with Gasteiger partial charge in [-0.15, -0.1) is 22.9 Å². The van der Waals surface area contributed by atoms with E-state index in [2.05, 4.69) is 15.9 Å². The smallest absolute Gasteiger partial charge is 0.142 e. The Labute approximate surface area is 121 Å². The van der Waals surface area contributed by atoms with Crippen LogP contribution in [0.3, 0.4) is 0 Å². The topological polar surface area (TPSA) is 0 Å². The summed E-state index contributed by atoms with van der Waals surface area (Å²) in [5, 5.41) is -0.245. The highest BCUT2D eigenvalue weighted by Gasteiger charge is 2.17. The van der Waals surface area contributed by atoms with Gasteiger partial charge in [0, 0.05) is 4.88 Å². The first-order valence-electron chi connectivity index (χ1n) is 4.84. The third-order valence-electron chi connectivity index (χ3n) is 2.44. The molecule has 0 radical (unpaired) electrons. The first kappa shape index (κ1) is 13.3. The van der Waals surface area contributed by atoms with Crippen LogP contribution in [0.25, 0.3) is 0 Å². The van der Waals surface area contributed by atoms with Crippen LogP contribution in [0.1, 0.15) is 21.4 Å². The number of halogens is 4. The molecule has 0 fully saturated rings. The van der Waals surface area contributed by atoms with Gasteiger partial charge in [-0.1, -0.05) is 17.7 Å². The molecular weight excluding hydrogens is 346 g/mol. The van der Waals surface area contributed by atoms with Gasteiger partial charge in [-0.05, 0) is 52.2 Å². The van der Waals surface area contributed by atoms with Crippen LogP contribution < -0.4 is 0 Å². The summed E-state index contributed by atoms with van der Waals surface area (Å²) in [5.41, 5.74) is 1.70. The third kappa shape index (κ3) is 2.84. The molecule has 1 unspecified atom stereocenters. The largest absolute Gasteiger partial charge is 0.205 e. The zero-order chi connectivity index (χ0) is 12.6. The van der Waals surface area contributed by atoms with Gasteiger partial charge in [0.25, 0.3) is 0 Å². The fourth-order valence-electron chi connectivity index (χ4n) is 1.56. The Kier molecular flexibility index (Phi) is 4.14. The van der Waals surface area contributed by atoms with Crippen LogP contribution in [0.4, 0.5) is 4.39 Å². The molecular formula is C12H8BrCl2FS. The summed E-state index contributed by atoms with van der Waals surface area (Å²) in [7, 11) is 0. The Bertz CT molecular complexity index is 553. The molecule has 17 heavy (non-hydrogen) atoms. The van der Waals surface area contributed by atoms with Gasteiger partial charge in [-0.3, -0.25) is 0 Å². The summed E-state index contributed by atoms with van der Waals surface area (Å²) in [6.07, 6.45) is 0. The molecule has 0 nitrogen and oxygen atoms in total. The van der Waals surface area contributed by atoms with E-state index >= 15 is 0 Å². The first-order valence-corrected chi connectivity index (χ1v) is 7.26. The van der Waals surface area contributed by atoms with Gasteiger partial charge in [0.2, 0.25) is 0 Å². The lowest BCUT2D eigenvalue weighted by molar-refractivity contribution is 0.626. The van der Waals surface area contributed by atoms with E-state index in [1.165, 1.54) is 12.1 Å². The molecule has 1 atom stereocenters. The van der Waals surface area contributed by atoms with Crippen LogP contribution in [0.15, 0.2) is 28.1 Å². The predicted octanol–water partition coefficient (Wildman–Crippen LogP) is 5.94. The number of benzene rings is 1. The van der Waals surface area contributed by atoms with Crippen molar-refractivity contribution in [3.63, 3.8) is 0 Å². The number of hydrogen-bond acceptors (Lipinski definition) is 1. The normalized spacial score (nSPS) is 12.8. The van der Waals surface area contributed by atoms with Gasteiger partial charge < -0.3 is 0 Å². The average Bonchev–Trinajstić information content (AvgIpc) is 2.61. The number of aryl methyl sites for hydroxylation is 1. The molecule has 2 aromatic rings. The minimum atomic E-state index is -0.443. The number of thiophene rings is 1. The molecule has 0 saturated carbocycles.